The number of ether oxygens (including phenoxy) is 1. The van der Waals surface area contributed by atoms with Crippen molar-refractivity contribution in [2.45, 2.75) is 71.1 Å². The normalized spacial score (nSPS) is 36.7. The number of nitrogens with zero attached hydrogens (tertiary/aromatic N) is 1. The van der Waals surface area contributed by atoms with Gasteiger partial charge in [-0.2, -0.15) is 0 Å². The van der Waals surface area contributed by atoms with Crippen LogP contribution < -0.4 is 5.73 Å². The first-order chi connectivity index (χ1) is 9.08. The summed E-state index contributed by atoms with van der Waals surface area (Å²) in [6.07, 6.45) is 2.86. The van der Waals surface area contributed by atoms with Crippen LogP contribution in [-0.2, 0) is 9.53 Å². The molecule has 1 aliphatic heterocycles. The van der Waals surface area contributed by atoms with Crippen molar-refractivity contribution in [3.63, 3.8) is 0 Å². The van der Waals surface area contributed by atoms with E-state index in [4.69, 9.17) is 10.5 Å². The number of amides is 1. The van der Waals surface area contributed by atoms with Gasteiger partial charge in [0.1, 0.15) is 0 Å². The van der Waals surface area contributed by atoms with Crippen molar-refractivity contribution < 1.29 is 9.53 Å². The number of nitrogens with two attached hydrogens (primary N) is 1. The number of carbonyl (C=O) groups is 1. The molecule has 2 N–H and O–H groups in total. The Morgan fingerprint density at radius 3 is 2.15 bits per heavy atom. The Balaban J connectivity index is 2.08. The van der Waals surface area contributed by atoms with E-state index in [-0.39, 0.29) is 29.1 Å². The van der Waals surface area contributed by atoms with Crippen molar-refractivity contribution in [1.82, 2.24) is 4.90 Å². The van der Waals surface area contributed by atoms with Gasteiger partial charge in [-0.25, -0.2) is 0 Å². The van der Waals surface area contributed by atoms with Crippen LogP contribution in [0.4, 0.5) is 0 Å². The van der Waals surface area contributed by atoms with Crippen LogP contribution >= 0.6 is 0 Å². The predicted molar refractivity (Wildman–Crippen MR) is 80.3 cm³/mol. The Morgan fingerprint density at radius 2 is 1.65 bits per heavy atom. The molecule has 3 unspecified atom stereocenters. The van der Waals surface area contributed by atoms with E-state index in [0.717, 1.165) is 19.3 Å². The minimum atomic E-state index is -0.278. The molecule has 20 heavy (non-hydrogen) atoms. The Morgan fingerprint density at radius 1 is 1.10 bits per heavy atom. The van der Waals surface area contributed by atoms with Gasteiger partial charge in [0.05, 0.1) is 11.2 Å². The molecule has 3 atom stereocenters. The summed E-state index contributed by atoms with van der Waals surface area (Å²) in [5, 5.41) is 0. The lowest BCUT2D eigenvalue weighted by atomic mass is 9.79. The molecule has 0 bridgehead atoms. The van der Waals surface area contributed by atoms with Gasteiger partial charge >= 0.3 is 0 Å². The third-order valence-corrected chi connectivity index (χ3v) is 4.34. The van der Waals surface area contributed by atoms with Crippen molar-refractivity contribution in [2.24, 2.45) is 17.6 Å². The highest BCUT2D eigenvalue weighted by atomic mass is 16.5. The van der Waals surface area contributed by atoms with Crippen LogP contribution in [-0.4, -0.2) is 41.1 Å². The van der Waals surface area contributed by atoms with Gasteiger partial charge < -0.3 is 15.4 Å². The van der Waals surface area contributed by atoms with Crippen molar-refractivity contribution in [1.29, 1.82) is 0 Å². The average molecular weight is 282 g/mol. The lowest BCUT2D eigenvalue weighted by Crippen LogP contribution is -2.60. The fourth-order valence-electron chi connectivity index (χ4n) is 4.06. The summed E-state index contributed by atoms with van der Waals surface area (Å²) in [6, 6.07) is 0.176. The van der Waals surface area contributed by atoms with Gasteiger partial charge in [-0.3, -0.25) is 4.79 Å². The third-order valence-electron chi connectivity index (χ3n) is 4.34. The maximum absolute atomic E-state index is 12.8. The smallest absolute Gasteiger partial charge is 0.225 e. The number of hydrogen-bond donors (Lipinski definition) is 1. The van der Waals surface area contributed by atoms with Crippen LogP contribution in [0.1, 0.15) is 53.9 Å². The average Bonchev–Trinajstić information content (AvgIpc) is 2.22. The molecule has 0 spiro atoms. The van der Waals surface area contributed by atoms with Gasteiger partial charge in [0.2, 0.25) is 5.91 Å². The van der Waals surface area contributed by atoms with Crippen molar-refractivity contribution in [3.8, 4) is 0 Å². The molecule has 1 heterocycles. The quantitative estimate of drug-likeness (QED) is 0.802. The molecule has 4 heteroatoms. The molecule has 0 radical (unpaired) electrons. The zero-order chi connectivity index (χ0) is 15.1. The van der Waals surface area contributed by atoms with E-state index < -0.39 is 0 Å². The molecular formula is C16H30N2O2. The van der Waals surface area contributed by atoms with Crippen LogP contribution in [0.5, 0.6) is 0 Å². The molecule has 1 saturated heterocycles. The summed E-state index contributed by atoms with van der Waals surface area (Å²) in [6.45, 7) is 11.8. The minimum absolute atomic E-state index is 0.0958. The second-order valence-corrected chi connectivity index (χ2v) is 8.09. The molecule has 2 aliphatic rings. The number of rotatable bonds is 1. The fourth-order valence-corrected chi connectivity index (χ4v) is 4.06. The molecule has 0 aromatic carbocycles. The van der Waals surface area contributed by atoms with E-state index in [1.165, 1.54) is 0 Å². The fraction of sp³-hybridized carbons (Fsp3) is 0.938. The predicted octanol–water partition coefficient (Wildman–Crippen LogP) is 2.17. The highest BCUT2D eigenvalue weighted by Gasteiger charge is 2.42. The number of hydrogen-bond acceptors (Lipinski definition) is 3. The molecule has 116 valence electrons. The Hall–Kier alpha value is -0.610. The molecule has 0 aromatic rings. The molecular weight excluding hydrogens is 252 g/mol. The van der Waals surface area contributed by atoms with E-state index in [1.807, 2.05) is 4.90 Å². The van der Waals surface area contributed by atoms with E-state index in [9.17, 15) is 4.79 Å². The van der Waals surface area contributed by atoms with Crippen LogP contribution in [0.15, 0.2) is 0 Å². The Bertz CT molecular complexity index is 353. The second-order valence-electron chi connectivity index (χ2n) is 8.09. The van der Waals surface area contributed by atoms with Gasteiger partial charge in [0.25, 0.3) is 0 Å². The molecule has 0 aromatic heterocycles. The Kier molecular flexibility index (Phi) is 4.18. The van der Waals surface area contributed by atoms with Crippen LogP contribution in [0.25, 0.3) is 0 Å². The SMILES string of the molecule is CC1CC(N)CC(C(=O)N2CC(C)(C)OC(C)(C)C2)C1. The topological polar surface area (TPSA) is 55.6 Å². The molecule has 4 nitrogen and oxygen atoms in total. The molecule has 1 aliphatic carbocycles. The monoisotopic (exact) mass is 282 g/mol. The van der Waals surface area contributed by atoms with Crippen LogP contribution in [0, 0.1) is 11.8 Å². The van der Waals surface area contributed by atoms with E-state index in [0.29, 0.717) is 19.0 Å². The first-order valence-electron chi connectivity index (χ1n) is 7.82. The van der Waals surface area contributed by atoms with Gasteiger partial charge in [-0.1, -0.05) is 6.92 Å². The standard InChI is InChI=1S/C16H30N2O2/c1-11-6-12(8-13(17)7-11)14(19)18-9-15(2,3)20-16(4,5)10-18/h11-13H,6-10,17H2,1-5H3. The summed E-state index contributed by atoms with van der Waals surface area (Å²) in [7, 11) is 0. The zero-order valence-corrected chi connectivity index (χ0v) is 13.6. The Labute approximate surface area is 123 Å². The lowest BCUT2D eigenvalue weighted by Gasteiger charge is -2.48. The van der Waals surface area contributed by atoms with Crippen LogP contribution in [0.2, 0.25) is 0 Å². The van der Waals surface area contributed by atoms with E-state index in [1.54, 1.807) is 0 Å². The number of carbonyl (C=O) groups excluding carboxylic acids is 1. The van der Waals surface area contributed by atoms with Gasteiger partial charge in [0.15, 0.2) is 0 Å². The van der Waals surface area contributed by atoms with Crippen molar-refractivity contribution >= 4 is 5.91 Å². The minimum Gasteiger partial charge on any atom is -0.366 e. The third kappa shape index (κ3) is 3.73. The highest BCUT2D eigenvalue weighted by Crippen LogP contribution is 2.33. The molecule has 2 rings (SSSR count). The maximum Gasteiger partial charge on any atom is 0.225 e. The lowest BCUT2D eigenvalue weighted by molar-refractivity contribution is -0.190. The molecule has 1 amide bonds. The first kappa shape index (κ1) is 15.8. The summed E-state index contributed by atoms with van der Waals surface area (Å²) >= 11 is 0. The van der Waals surface area contributed by atoms with Gasteiger partial charge in [-0.05, 0) is 52.9 Å². The van der Waals surface area contributed by atoms with E-state index >= 15 is 0 Å². The van der Waals surface area contributed by atoms with Crippen LogP contribution in [0.3, 0.4) is 0 Å². The van der Waals surface area contributed by atoms with Crippen molar-refractivity contribution in [3.05, 3.63) is 0 Å². The molecule has 1 saturated carbocycles. The summed E-state index contributed by atoms with van der Waals surface area (Å²) in [5.74, 6) is 0.921. The largest absolute Gasteiger partial charge is 0.366 e. The highest BCUT2D eigenvalue weighted by molar-refractivity contribution is 5.79. The summed E-state index contributed by atoms with van der Waals surface area (Å²) < 4.78 is 6.05. The summed E-state index contributed by atoms with van der Waals surface area (Å²) in [4.78, 5) is 14.8. The summed E-state index contributed by atoms with van der Waals surface area (Å²) in [5.41, 5.74) is 5.54. The first-order valence-corrected chi connectivity index (χ1v) is 7.82. The van der Waals surface area contributed by atoms with E-state index in [2.05, 4.69) is 34.6 Å². The van der Waals surface area contributed by atoms with Gasteiger partial charge in [-0.15, -0.1) is 0 Å². The molecule has 2 fully saturated rings. The maximum atomic E-state index is 12.8. The van der Waals surface area contributed by atoms with Gasteiger partial charge in [0, 0.05) is 25.0 Å². The zero-order valence-electron chi connectivity index (χ0n) is 13.6. The second kappa shape index (κ2) is 5.30. The van der Waals surface area contributed by atoms with Crippen molar-refractivity contribution in [2.75, 3.05) is 13.1 Å². The number of morpholine rings is 1.